The van der Waals surface area contributed by atoms with Gasteiger partial charge >= 0.3 is 0 Å². The van der Waals surface area contributed by atoms with Crippen molar-refractivity contribution in [2.75, 3.05) is 11.9 Å². The minimum Gasteiger partial charge on any atom is -0.332 e. The van der Waals surface area contributed by atoms with Crippen molar-refractivity contribution in [3.8, 4) is 0 Å². The highest BCUT2D eigenvalue weighted by Crippen LogP contribution is 2.15. The minimum absolute atomic E-state index is 0.00378. The van der Waals surface area contributed by atoms with Gasteiger partial charge < -0.3 is 5.32 Å². The smallest absolute Gasteiger partial charge is 0.270 e. The van der Waals surface area contributed by atoms with E-state index in [-0.39, 0.29) is 22.2 Å². The van der Waals surface area contributed by atoms with Gasteiger partial charge in [0.15, 0.2) is 5.11 Å². The van der Waals surface area contributed by atoms with Gasteiger partial charge in [-0.05, 0) is 48.1 Å². The molecule has 0 aliphatic rings. The third-order valence-corrected chi connectivity index (χ3v) is 5.23. The Morgan fingerprint density at radius 3 is 2.53 bits per heavy atom. The van der Waals surface area contributed by atoms with Crippen molar-refractivity contribution in [3.05, 3.63) is 82.9 Å². The molecule has 0 spiro atoms. The SMILES string of the molecule is C=CCNS(=O)(=O)c1ccc(NC(=S)NC(=O)/C=C/c2cccc([N+](=O)[O-])c2)cc1. The van der Waals surface area contributed by atoms with E-state index in [0.717, 1.165) is 0 Å². The normalized spacial score (nSPS) is 11.1. The Balaban J connectivity index is 1.93. The van der Waals surface area contributed by atoms with Crippen molar-refractivity contribution in [1.82, 2.24) is 10.0 Å². The maximum absolute atomic E-state index is 12.0. The largest absolute Gasteiger partial charge is 0.332 e. The van der Waals surface area contributed by atoms with E-state index in [1.165, 1.54) is 60.7 Å². The van der Waals surface area contributed by atoms with Gasteiger partial charge in [0, 0.05) is 30.4 Å². The molecule has 2 rings (SSSR count). The lowest BCUT2D eigenvalue weighted by Gasteiger charge is -2.09. The second-order valence-electron chi connectivity index (χ2n) is 5.79. The van der Waals surface area contributed by atoms with Gasteiger partial charge in [0.1, 0.15) is 0 Å². The summed E-state index contributed by atoms with van der Waals surface area (Å²) in [7, 11) is -3.63. The van der Waals surface area contributed by atoms with Gasteiger partial charge in [-0.2, -0.15) is 0 Å². The number of sulfonamides is 1. The van der Waals surface area contributed by atoms with Gasteiger partial charge in [0.05, 0.1) is 9.82 Å². The molecular weight excluding hydrogens is 428 g/mol. The molecule has 3 N–H and O–H groups in total. The molecule has 0 atom stereocenters. The fourth-order valence-corrected chi connectivity index (χ4v) is 3.42. The summed E-state index contributed by atoms with van der Waals surface area (Å²) in [6.07, 6.45) is 4.04. The van der Waals surface area contributed by atoms with E-state index >= 15 is 0 Å². The van der Waals surface area contributed by atoms with Crippen LogP contribution in [0.3, 0.4) is 0 Å². The summed E-state index contributed by atoms with van der Waals surface area (Å²) in [5, 5.41) is 16.0. The second-order valence-corrected chi connectivity index (χ2v) is 7.97. The Kier molecular flexibility index (Phi) is 7.92. The van der Waals surface area contributed by atoms with Crippen LogP contribution in [0.5, 0.6) is 0 Å². The number of non-ortho nitro benzene ring substituents is 1. The van der Waals surface area contributed by atoms with Crippen molar-refractivity contribution in [1.29, 1.82) is 0 Å². The van der Waals surface area contributed by atoms with Crippen LogP contribution in [0.2, 0.25) is 0 Å². The lowest BCUT2D eigenvalue weighted by molar-refractivity contribution is -0.384. The molecule has 0 aliphatic carbocycles. The Morgan fingerprint density at radius 1 is 1.20 bits per heavy atom. The van der Waals surface area contributed by atoms with Crippen LogP contribution in [0.1, 0.15) is 5.56 Å². The lowest BCUT2D eigenvalue weighted by Crippen LogP contribution is -2.32. The van der Waals surface area contributed by atoms with Gasteiger partial charge in [0.2, 0.25) is 15.9 Å². The van der Waals surface area contributed by atoms with Crippen LogP contribution in [0.25, 0.3) is 6.08 Å². The zero-order valence-electron chi connectivity index (χ0n) is 15.6. The summed E-state index contributed by atoms with van der Waals surface area (Å²) in [6.45, 7) is 3.56. The highest BCUT2D eigenvalue weighted by atomic mass is 32.2. The molecule has 0 saturated heterocycles. The molecule has 0 fully saturated rings. The molecule has 0 aromatic heterocycles. The first-order valence-electron chi connectivity index (χ1n) is 8.46. The van der Waals surface area contributed by atoms with Crippen LogP contribution in [-0.2, 0) is 14.8 Å². The third-order valence-electron chi connectivity index (χ3n) is 3.59. The topological polar surface area (TPSA) is 130 Å². The van der Waals surface area contributed by atoms with Crippen LogP contribution < -0.4 is 15.4 Å². The molecule has 2 aromatic rings. The molecule has 0 saturated carbocycles. The first kappa shape index (κ1) is 22.9. The van der Waals surface area contributed by atoms with E-state index in [1.807, 2.05) is 0 Å². The number of nitro benzene ring substituents is 1. The van der Waals surface area contributed by atoms with Gasteiger partial charge in [-0.15, -0.1) is 6.58 Å². The zero-order valence-corrected chi connectivity index (χ0v) is 17.2. The molecule has 0 unspecified atom stereocenters. The van der Waals surface area contributed by atoms with Crippen molar-refractivity contribution in [3.63, 3.8) is 0 Å². The predicted molar refractivity (Wildman–Crippen MR) is 118 cm³/mol. The van der Waals surface area contributed by atoms with Crippen molar-refractivity contribution < 1.29 is 18.1 Å². The van der Waals surface area contributed by atoms with E-state index in [9.17, 15) is 23.3 Å². The Hall–Kier alpha value is -3.41. The summed E-state index contributed by atoms with van der Waals surface area (Å²) in [6, 6.07) is 11.6. The number of anilines is 1. The van der Waals surface area contributed by atoms with Gasteiger partial charge in [0.25, 0.3) is 5.69 Å². The third kappa shape index (κ3) is 6.88. The number of nitrogens with one attached hydrogen (secondary N) is 3. The fraction of sp³-hybridized carbons (Fsp3) is 0.0526. The summed E-state index contributed by atoms with van der Waals surface area (Å²) in [5.74, 6) is -0.535. The van der Waals surface area contributed by atoms with E-state index in [2.05, 4.69) is 21.9 Å². The van der Waals surface area contributed by atoms with E-state index < -0.39 is 20.9 Å². The number of hydrogen-bond acceptors (Lipinski definition) is 6. The molecule has 156 valence electrons. The number of nitrogens with zero attached hydrogens (tertiary/aromatic N) is 1. The van der Waals surface area contributed by atoms with E-state index in [0.29, 0.717) is 11.3 Å². The number of benzene rings is 2. The van der Waals surface area contributed by atoms with Crippen LogP contribution >= 0.6 is 12.2 Å². The van der Waals surface area contributed by atoms with Crippen LogP contribution in [0.15, 0.2) is 72.2 Å². The molecule has 1 amide bonds. The number of hydrogen-bond donors (Lipinski definition) is 3. The van der Waals surface area contributed by atoms with Crippen LogP contribution in [-0.4, -0.2) is 30.9 Å². The molecule has 0 radical (unpaired) electrons. The molecule has 0 heterocycles. The number of thiocarbonyl (C=S) groups is 1. The first-order chi connectivity index (χ1) is 14.2. The molecule has 0 bridgehead atoms. The van der Waals surface area contributed by atoms with Gasteiger partial charge in [-0.1, -0.05) is 18.2 Å². The fourth-order valence-electron chi connectivity index (χ4n) is 2.20. The number of nitro groups is 1. The monoisotopic (exact) mass is 446 g/mol. The summed E-state index contributed by atoms with van der Waals surface area (Å²) in [4.78, 5) is 22.3. The van der Waals surface area contributed by atoms with E-state index in [4.69, 9.17) is 12.2 Å². The van der Waals surface area contributed by atoms with E-state index in [1.54, 1.807) is 6.07 Å². The van der Waals surface area contributed by atoms with Crippen molar-refractivity contribution in [2.24, 2.45) is 0 Å². The maximum Gasteiger partial charge on any atom is 0.270 e. The number of amides is 1. The van der Waals surface area contributed by atoms with Gasteiger partial charge in [-0.3, -0.25) is 20.2 Å². The van der Waals surface area contributed by atoms with Crippen LogP contribution in [0.4, 0.5) is 11.4 Å². The van der Waals surface area contributed by atoms with Crippen LogP contribution in [0, 0.1) is 10.1 Å². The Bertz CT molecular complexity index is 1100. The molecule has 9 nitrogen and oxygen atoms in total. The molecular formula is C19H18N4O5S2. The number of carbonyl (C=O) groups excluding carboxylic acids is 1. The summed E-state index contributed by atoms with van der Waals surface area (Å²) >= 11 is 5.05. The van der Waals surface area contributed by atoms with Gasteiger partial charge in [-0.25, -0.2) is 13.1 Å². The standard InChI is InChI=1S/C19H18N4O5S2/c1-2-12-20-30(27,28)17-9-7-15(8-10-17)21-19(29)22-18(24)11-6-14-4-3-5-16(13-14)23(25)26/h2-11,13,20H,1,12H2,(H2,21,22,24,29)/b11-6+. The van der Waals surface area contributed by atoms with Crippen molar-refractivity contribution >= 4 is 50.7 Å². The average Bonchev–Trinajstić information content (AvgIpc) is 2.71. The van der Waals surface area contributed by atoms with Crippen molar-refractivity contribution in [2.45, 2.75) is 4.90 Å². The molecule has 30 heavy (non-hydrogen) atoms. The molecule has 11 heteroatoms. The Labute approximate surface area is 178 Å². The predicted octanol–water partition coefficient (Wildman–Crippen LogP) is 2.59. The Morgan fingerprint density at radius 2 is 1.90 bits per heavy atom. The zero-order chi connectivity index (χ0) is 22.1. The molecule has 0 aliphatic heterocycles. The highest BCUT2D eigenvalue weighted by molar-refractivity contribution is 7.89. The summed E-state index contributed by atoms with van der Waals surface area (Å²) < 4.78 is 26.4. The summed E-state index contributed by atoms with van der Waals surface area (Å²) in [5.41, 5.74) is 0.880. The maximum atomic E-state index is 12.0. The second kappa shape index (κ2) is 10.4. The molecule has 2 aromatic carbocycles. The average molecular weight is 447 g/mol. The number of rotatable bonds is 8. The quantitative estimate of drug-likeness (QED) is 0.187. The lowest BCUT2D eigenvalue weighted by atomic mass is 10.2. The minimum atomic E-state index is -3.63. The highest BCUT2D eigenvalue weighted by Gasteiger charge is 2.12. The first-order valence-corrected chi connectivity index (χ1v) is 10.4. The number of carbonyl (C=O) groups is 1.